The summed E-state index contributed by atoms with van der Waals surface area (Å²) < 4.78 is 5.07. The first kappa shape index (κ1) is 12.4. The van der Waals surface area contributed by atoms with Crippen molar-refractivity contribution in [3.8, 4) is 0 Å². The minimum atomic E-state index is -0.241. The Hall–Kier alpha value is -2.08. The number of thiophene rings is 1. The molecule has 5 nitrogen and oxygen atoms in total. The highest BCUT2D eigenvalue weighted by Gasteiger charge is 2.02. The summed E-state index contributed by atoms with van der Waals surface area (Å²) in [5.41, 5.74) is 0. The molecule has 1 N–H and O–H groups in total. The number of amides is 1. The molecule has 2 heterocycles. The Kier molecular flexibility index (Phi) is 4.54. The van der Waals surface area contributed by atoms with Crippen LogP contribution < -0.4 is 5.32 Å². The summed E-state index contributed by atoms with van der Waals surface area (Å²) in [6.07, 6.45) is 3.13. The molecule has 0 aliphatic carbocycles. The molecule has 0 aromatic carbocycles. The van der Waals surface area contributed by atoms with Crippen LogP contribution in [0.15, 0.2) is 45.5 Å². The fourth-order valence-corrected chi connectivity index (χ4v) is 1.78. The maximum Gasteiger partial charge on any atom is 0.261 e. The third-order valence-electron chi connectivity index (χ3n) is 2.03. The lowest BCUT2D eigenvalue weighted by Crippen LogP contribution is -2.26. The summed E-state index contributed by atoms with van der Waals surface area (Å²) in [4.78, 5) is 17.2. The van der Waals surface area contributed by atoms with Crippen LogP contribution in [0.1, 0.15) is 10.6 Å². The summed E-state index contributed by atoms with van der Waals surface area (Å²) in [5, 5.41) is 8.29. The molecule has 0 radical (unpaired) electrons. The van der Waals surface area contributed by atoms with Crippen molar-refractivity contribution in [3.05, 3.63) is 46.5 Å². The molecule has 94 valence electrons. The van der Waals surface area contributed by atoms with Gasteiger partial charge in [-0.05, 0) is 23.6 Å². The average molecular weight is 264 g/mol. The van der Waals surface area contributed by atoms with E-state index in [9.17, 15) is 4.79 Å². The van der Waals surface area contributed by atoms with E-state index in [4.69, 9.17) is 9.25 Å². The van der Waals surface area contributed by atoms with E-state index < -0.39 is 0 Å². The van der Waals surface area contributed by atoms with E-state index in [0.717, 1.165) is 4.88 Å². The Balaban J connectivity index is 1.63. The molecule has 6 heteroatoms. The molecular weight excluding hydrogens is 252 g/mol. The van der Waals surface area contributed by atoms with Gasteiger partial charge in [0.1, 0.15) is 5.76 Å². The molecule has 0 aliphatic rings. The Morgan fingerprint density at radius 2 is 2.44 bits per heavy atom. The minimum absolute atomic E-state index is 0.109. The lowest BCUT2D eigenvalue weighted by molar-refractivity contribution is -0.125. The quantitative estimate of drug-likeness (QED) is 0.641. The number of hydrogen-bond donors (Lipinski definition) is 1. The van der Waals surface area contributed by atoms with Crippen molar-refractivity contribution < 1.29 is 14.0 Å². The number of furan rings is 1. The van der Waals surface area contributed by atoms with Crippen LogP contribution in [0, 0.1) is 0 Å². The van der Waals surface area contributed by atoms with Crippen molar-refractivity contribution in [2.45, 2.75) is 6.54 Å². The Bertz CT molecular complexity index is 491. The number of carbonyl (C=O) groups excluding carboxylic acids is 1. The van der Waals surface area contributed by atoms with Gasteiger partial charge in [-0.3, -0.25) is 4.79 Å². The number of oxime groups is 1. The first-order valence-electron chi connectivity index (χ1n) is 5.32. The van der Waals surface area contributed by atoms with E-state index in [1.807, 2.05) is 17.5 Å². The van der Waals surface area contributed by atoms with Crippen molar-refractivity contribution in [2.75, 3.05) is 6.61 Å². The molecule has 2 aromatic heterocycles. The molecule has 0 spiro atoms. The van der Waals surface area contributed by atoms with Crippen molar-refractivity contribution in [3.63, 3.8) is 0 Å². The van der Waals surface area contributed by atoms with Crippen molar-refractivity contribution in [2.24, 2.45) is 5.16 Å². The summed E-state index contributed by atoms with van der Waals surface area (Å²) >= 11 is 1.55. The monoisotopic (exact) mass is 264 g/mol. The maximum absolute atomic E-state index is 11.4. The second-order valence-electron chi connectivity index (χ2n) is 3.38. The molecule has 0 saturated carbocycles. The van der Waals surface area contributed by atoms with Gasteiger partial charge in [0.25, 0.3) is 5.91 Å². The number of nitrogens with zero attached hydrogens (tertiary/aromatic N) is 1. The molecule has 2 rings (SSSR count). The average Bonchev–Trinajstić information content (AvgIpc) is 3.04. The van der Waals surface area contributed by atoms with Crippen LogP contribution in [-0.2, 0) is 16.2 Å². The van der Waals surface area contributed by atoms with E-state index in [1.165, 1.54) is 0 Å². The molecule has 18 heavy (non-hydrogen) atoms. The first-order valence-corrected chi connectivity index (χ1v) is 6.20. The zero-order valence-corrected chi connectivity index (χ0v) is 10.4. The predicted octanol–water partition coefficient (Wildman–Crippen LogP) is 2.01. The summed E-state index contributed by atoms with van der Waals surface area (Å²) in [6, 6.07) is 7.38. The lowest BCUT2D eigenvalue weighted by atomic mass is 10.4. The van der Waals surface area contributed by atoms with E-state index >= 15 is 0 Å². The lowest BCUT2D eigenvalue weighted by Gasteiger charge is -2.01. The van der Waals surface area contributed by atoms with Crippen molar-refractivity contribution >= 4 is 23.5 Å². The number of rotatable bonds is 6. The molecule has 0 unspecified atom stereocenters. The van der Waals surface area contributed by atoms with Crippen LogP contribution in [0.4, 0.5) is 0 Å². The zero-order chi connectivity index (χ0) is 12.6. The van der Waals surface area contributed by atoms with E-state index in [2.05, 4.69) is 10.5 Å². The SMILES string of the molecule is O=C(CO/N=C\c1cccs1)NCc1ccco1. The first-order chi connectivity index (χ1) is 8.84. The Labute approximate surface area is 108 Å². The number of nitrogens with one attached hydrogen (secondary N) is 1. The van der Waals surface area contributed by atoms with Gasteiger partial charge in [0.2, 0.25) is 0 Å². The van der Waals surface area contributed by atoms with E-state index in [-0.39, 0.29) is 12.5 Å². The van der Waals surface area contributed by atoms with Crippen LogP contribution in [0.2, 0.25) is 0 Å². The third-order valence-corrected chi connectivity index (χ3v) is 2.84. The van der Waals surface area contributed by atoms with Crippen molar-refractivity contribution in [1.82, 2.24) is 5.32 Å². The second kappa shape index (κ2) is 6.61. The number of carbonyl (C=O) groups is 1. The summed E-state index contributed by atoms with van der Waals surface area (Å²) in [7, 11) is 0. The molecule has 0 fully saturated rings. The molecular formula is C12H12N2O3S. The van der Waals surface area contributed by atoms with Crippen LogP contribution >= 0.6 is 11.3 Å². The van der Waals surface area contributed by atoms with Gasteiger partial charge in [0, 0.05) is 4.88 Å². The topological polar surface area (TPSA) is 63.8 Å². The molecule has 0 bridgehead atoms. The van der Waals surface area contributed by atoms with Gasteiger partial charge in [-0.1, -0.05) is 11.2 Å². The second-order valence-corrected chi connectivity index (χ2v) is 4.36. The largest absolute Gasteiger partial charge is 0.467 e. The van der Waals surface area contributed by atoms with Gasteiger partial charge in [0.15, 0.2) is 6.61 Å². The summed E-state index contributed by atoms with van der Waals surface area (Å²) in [6.45, 7) is 0.242. The highest BCUT2D eigenvalue weighted by atomic mass is 32.1. The normalized spacial score (nSPS) is 10.7. The van der Waals surface area contributed by atoms with Crippen LogP contribution in [0.3, 0.4) is 0 Å². The Morgan fingerprint density at radius 1 is 1.50 bits per heavy atom. The van der Waals surface area contributed by atoms with Gasteiger partial charge in [-0.25, -0.2) is 0 Å². The third kappa shape index (κ3) is 4.06. The smallest absolute Gasteiger partial charge is 0.261 e. The predicted molar refractivity (Wildman–Crippen MR) is 68.4 cm³/mol. The van der Waals surface area contributed by atoms with Gasteiger partial charge < -0.3 is 14.6 Å². The van der Waals surface area contributed by atoms with E-state index in [0.29, 0.717) is 12.3 Å². The molecule has 0 aliphatic heterocycles. The fourth-order valence-electron chi connectivity index (χ4n) is 1.20. The highest BCUT2D eigenvalue weighted by molar-refractivity contribution is 7.11. The zero-order valence-electron chi connectivity index (χ0n) is 9.54. The van der Waals surface area contributed by atoms with Crippen LogP contribution in [-0.4, -0.2) is 18.7 Å². The van der Waals surface area contributed by atoms with E-state index in [1.54, 1.807) is 35.9 Å². The van der Waals surface area contributed by atoms with Gasteiger partial charge >= 0.3 is 0 Å². The molecule has 1 amide bonds. The molecule has 0 saturated heterocycles. The fraction of sp³-hybridized carbons (Fsp3) is 0.167. The molecule has 0 atom stereocenters. The van der Waals surface area contributed by atoms with Crippen LogP contribution in [0.5, 0.6) is 0 Å². The maximum atomic E-state index is 11.4. The van der Waals surface area contributed by atoms with Gasteiger partial charge in [-0.2, -0.15) is 0 Å². The van der Waals surface area contributed by atoms with Gasteiger partial charge in [-0.15, -0.1) is 11.3 Å². The highest BCUT2D eigenvalue weighted by Crippen LogP contribution is 2.04. The molecule has 2 aromatic rings. The van der Waals surface area contributed by atoms with Gasteiger partial charge in [0.05, 0.1) is 19.0 Å². The standard InChI is InChI=1S/C12H12N2O3S/c15-12(13-7-10-3-1-5-16-10)9-17-14-8-11-4-2-6-18-11/h1-6,8H,7,9H2,(H,13,15)/b14-8-. The van der Waals surface area contributed by atoms with Crippen LogP contribution in [0.25, 0.3) is 0 Å². The Morgan fingerprint density at radius 3 is 3.17 bits per heavy atom. The number of hydrogen-bond acceptors (Lipinski definition) is 5. The minimum Gasteiger partial charge on any atom is -0.467 e. The van der Waals surface area contributed by atoms with Crippen molar-refractivity contribution in [1.29, 1.82) is 0 Å². The summed E-state index contributed by atoms with van der Waals surface area (Å²) in [5.74, 6) is 0.458.